The van der Waals surface area contributed by atoms with E-state index in [1.54, 1.807) is 24.5 Å². The predicted molar refractivity (Wildman–Crippen MR) is 100.0 cm³/mol. The fourth-order valence-corrected chi connectivity index (χ4v) is 2.96. The molecule has 3 heterocycles. The van der Waals surface area contributed by atoms with Crippen molar-refractivity contribution in [1.82, 2.24) is 19.7 Å². The summed E-state index contributed by atoms with van der Waals surface area (Å²) in [5.41, 5.74) is 1.07. The SMILES string of the molecule is O=C1Nc2cccc(n2)-c2nncn2C/C=C\COc2ccc(Br)cc21. The lowest BCUT2D eigenvalue weighted by molar-refractivity contribution is 0.102. The Morgan fingerprint density at radius 1 is 1.19 bits per heavy atom. The number of nitrogens with zero attached hydrogens (tertiary/aromatic N) is 4. The van der Waals surface area contributed by atoms with Crippen LogP contribution >= 0.6 is 15.9 Å². The number of fused-ring (bicyclic) bond motifs is 5. The van der Waals surface area contributed by atoms with Crippen molar-refractivity contribution in [1.29, 1.82) is 0 Å². The maximum Gasteiger partial charge on any atom is 0.260 e. The van der Waals surface area contributed by atoms with Crippen molar-refractivity contribution in [3.63, 3.8) is 0 Å². The van der Waals surface area contributed by atoms with Crippen molar-refractivity contribution >= 4 is 27.7 Å². The van der Waals surface area contributed by atoms with Gasteiger partial charge in [0.1, 0.15) is 30.2 Å². The number of halogens is 1. The molecule has 1 aliphatic heterocycles. The van der Waals surface area contributed by atoms with Gasteiger partial charge in [-0.25, -0.2) is 4.98 Å². The first-order valence-electron chi connectivity index (χ1n) is 7.94. The monoisotopic (exact) mass is 411 g/mol. The number of amides is 1. The maximum absolute atomic E-state index is 12.7. The van der Waals surface area contributed by atoms with Crippen LogP contribution in [0.2, 0.25) is 0 Å². The summed E-state index contributed by atoms with van der Waals surface area (Å²) in [6, 6.07) is 10.7. The molecule has 7 nitrogen and oxygen atoms in total. The Bertz CT molecular complexity index is 999. The fraction of sp³-hybridized carbons (Fsp3) is 0.111. The number of ether oxygens (including phenoxy) is 1. The summed E-state index contributed by atoms with van der Waals surface area (Å²) in [6.45, 7) is 0.945. The van der Waals surface area contributed by atoms with Gasteiger partial charge in [0.15, 0.2) is 5.82 Å². The highest BCUT2D eigenvalue weighted by Crippen LogP contribution is 2.25. The first-order chi connectivity index (χ1) is 12.7. The fourth-order valence-electron chi connectivity index (χ4n) is 2.60. The highest BCUT2D eigenvalue weighted by Gasteiger charge is 2.16. The second-order valence-electron chi connectivity index (χ2n) is 5.59. The highest BCUT2D eigenvalue weighted by atomic mass is 79.9. The molecule has 0 saturated heterocycles. The predicted octanol–water partition coefficient (Wildman–Crippen LogP) is 3.30. The van der Waals surface area contributed by atoms with E-state index in [-0.39, 0.29) is 5.91 Å². The van der Waals surface area contributed by atoms with Crippen molar-refractivity contribution in [2.24, 2.45) is 0 Å². The third-order valence-electron chi connectivity index (χ3n) is 3.83. The number of hydrogen-bond donors (Lipinski definition) is 1. The highest BCUT2D eigenvalue weighted by molar-refractivity contribution is 9.10. The molecule has 8 heteroatoms. The first-order valence-corrected chi connectivity index (χ1v) is 8.74. The lowest BCUT2D eigenvalue weighted by Gasteiger charge is -2.12. The van der Waals surface area contributed by atoms with Crippen LogP contribution in [0.3, 0.4) is 0 Å². The van der Waals surface area contributed by atoms with Crippen LogP contribution < -0.4 is 10.1 Å². The molecule has 2 aromatic heterocycles. The number of anilines is 1. The standard InChI is InChI=1S/C18H14BrN5O2/c19-12-6-7-15-13(10-12)18(25)22-16-5-3-4-14(21-16)17-23-20-11-24(17)8-1-2-9-26-15/h1-7,10-11H,8-9H2,(H,21,22,25)/b2-1-. The van der Waals surface area contributed by atoms with Crippen LogP contribution in [0.4, 0.5) is 5.82 Å². The van der Waals surface area contributed by atoms with Crippen LogP contribution in [0.15, 0.2) is 59.4 Å². The molecule has 1 N–H and O–H groups in total. The number of benzene rings is 1. The minimum absolute atomic E-state index is 0.298. The Labute approximate surface area is 157 Å². The van der Waals surface area contributed by atoms with Crippen LogP contribution in [-0.4, -0.2) is 32.3 Å². The zero-order valence-electron chi connectivity index (χ0n) is 13.6. The number of nitrogens with one attached hydrogen (secondary N) is 1. The number of rotatable bonds is 0. The molecule has 1 aliphatic rings. The molecule has 0 spiro atoms. The molecule has 0 atom stereocenters. The van der Waals surface area contributed by atoms with Crippen molar-refractivity contribution in [3.8, 4) is 17.3 Å². The van der Waals surface area contributed by atoms with Gasteiger partial charge < -0.3 is 14.6 Å². The number of carbonyl (C=O) groups excluding carboxylic acids is 1. The zero-order valence-corrected chi connectivity index (χ0v) is 15.2. The number of hydrogen-bond acceptors (Lipinski definition) is 5. The molecule has 1 aromatic carbocycles. The van der Waals surface area contributed by atoms with E-state index in [4.69, 9.17) is 4.74 Å². The maximum atomic E-state index is 12.7. The minimum atomic E-state index is -0.298. The van der Waals surface area contributed by atoms with Crippen LogP contribution in [0, 0.1) is 0 Å². The Kier molecular flexibility index (Phi) is 4.49. The van der Waals surface area contributed by atoms with Crippen molar-refractivity contribution in [2.45, 2.75) is 6.54 Å². The molecule has 130 valence electrons. The molecule has 26 heavy (non-hydrogen) atoms. The Morgan fingerprint density at radius 2 is 2.12 bits per heavy atom. The van der Waals surface area contributed by atoms with Gasteiger partial charge in [-0.1, -0.05) is 28.1 Å². The van der Waals surface area contributed by atoms with Crippen LogP contribution in [0.5, 0.6) is 5.75 Å². The van der Waals surface area contributed by atoms with Crippen LogP contribution in [-0.2, 0) is 6.54 Å². The van der Waals surface area contributed by atoms with Crippen molar-refractivity contribution in [3.05, 3.63) is 64.9 Å². The van der Waals surface area contributed by atoms with E-state index in [0.29, 0.717) is 41.8 Å². The molecule has 4 rings (SSSR count). The lowest BCUT2D eigenvalue weighted by Crippen LogP contribution is -2.15. The van der Waals surface area contributed by atoms with Gasteiger partial charge in [-0.15, -0.1) is 10.2 Å². The van der Waals surface area contributed by atoms with Gasteiger partial charge in [0.05, 0.1) is 5.56 Å². The average Bonchev–Trinajstić information content (AvgIpc) is 3.10. The Morgan fingerprint density at radius 3 is 3.04 bits per heavy atom. The molecule has 0 saturated carbocycles. The molecule has 1 amide bonds. The number of pyridine rings is 1. The summed E-state index contributed by atoms with van der Waals surface area (Å²) in [5, 5.41) is 10.9. The van der Waals surface area contributed by atoms with E-state index in [1.165, 1.54) is 0 Å². The van der Waals surface area contributed by atoms with E-state index in [9.17, 15) is 4.79 Å². The van der Waals surface area contributed by atoms with Crippen molar-refractivity contribution < 1.29 is 9.53 Å². The van der Waals surface area contributed by atoms with Gasteiger partial charge in [0.25, 0.3) is 5.91 Å². The molecule has 0 unspecified atom stereocenters. The molecule has 0 aliphatic carbocycles. The van der Waals surface area contributed by atoms with E-state index in [1.807, 2.05) is 34.9 Å². The van der Waals surface area contributed by atoms with Crippen LogP contribution in [0.1, 0.15) is 10.4 Å². The number of carbonyl (C=O) groups is 1. The van der Waals surface area contributed by atoms with Crippen molar-refractivity contribution in [2.75, 3.05) is 11.9 Å². The summed E-state index contributed by atoms with van der Waals surface area (Å²) >= 11 is 3.39. The van der Waals surface area contributed by atoms with Gasteiger partial charge >= 0.3 is 0 Å². The topological polar surface area (TPSA) is 81.9 Å². The third kappa shape index (κ3) is 3.36. The van der Waals surface area contributed by atoms with E-state index in [0.717, 1.165) is 4.47 Å². The quantitative estimate of drug-likeness (QED) is 0.573. The molecular weight excluding hydrogens is 398 g/mol. The Hall–Kier alpha value is -3.00. The number of allylic oxidation sites excluding steroid dienone is 1. The number of aromatic nitrogens is 4. The van der Waals surface area contributed by atoms with Gasteiger partial charge in [-0.3, -0.25) is 4.79 Å². The van der Waals surface area contributed by atoms with Gasteiger partial charge in [-0.2, -0.15) is 0 Å². The smallest absolute Gasteiger partial charge is 0.260 e. The molecule has 3 aromatic rings. The summed E-state index contributed by atoms with van der Waals surface area (Å²) in [7, 11) is 0. The second kappa shape index (κ2) is 7.09. The van der Waals surface area contributed by atoms with E-state index < -0.39 is 0 Å². The lowest BCUT2D eigenvalue weighted by atomic mass is 10.2. The normalized spacial score (nSPS) is 15.0. The first kappa shape index (κ1) is 16.5. The van der Waals surface area contributed by atoms with Gasteiger partial charge in [-0.05, 0) is 36.4 Å². The second-order valence-corrected chi connectivity index (χ2v) is 6.51. The van der Waals surface area contributed by atoms with E-state index >= 15 is 0 Å². The Balaban J connectivity index is 1.78. The van der Waals surface area contributed by atoms with E-state index in [2.05, 4.69) is 36.4 Å². The summed E-state index contributed by atoms with van der Waals surface area (Å²) in [5.74, 6) is 1.27. The van der Waals surface area contributed by atoms with Gasteiger partial charge in [0.2, 0.25) is 0 Å². The third-order valence-corrected chi connectivity index (χ3v) is 4.32. The molecular formula is C18H14BrN5O2. The molecule has 0 fully saturated rings. The summed E-state index contributed by atoms with van der Waals surface area (Å²) in [4.78, 5) is 17.2. The zero-order chi connectivity index (χ0) is 17.9. The summed E-state index contributed by atoms with van der Waals surface area (Å²) in [6.07, 6.45) is 5.50. The molecule has 0 radical (unpaired) electrons. The minimum Gasteiger partial charge on any atom is -0.489 e. The largest absolute Gasteiger partial charge is 0.489 e. The van der Waals surface area contributed by atoms with Crippen LogP contribution in [0.25, 0.3) is 11.5 Å². The average molecular weight is 412 g/mol. The molecule has 2 bridgehead atoms. The summed E-state index contributed by atoms with van der Waals surface area (Å²) < 4.78 is 8.42. The van der Waals surface area contributed by atoms with Gasteiger partial charge in [0, 0.05) is 11.0 Å².